The molecule has 0 saturated heterocycles. The van der Waals surface area contributed by atoms with Crippen molar-refractivity contribution in [1.82, 2.24) is 4.98 Å². The van der Waals surface area contributed by atoms with Gasteiger partial charge >= 0.3 is 0 Å². The Kier molecular flexibility index (Phi) is 16.5. The maximum absolute atomic E-state index is 5.10. The first-order valence-electron chi connectivity index (χ1n) is 20.6. The molecule has 50 heavy (non-hydrogen) atoms. The van der Waals surface area contributed by atoms with Crippen LogP contribution in [0.25, 0.3) is 6.08 Å². The van der Waals surface area contributed by atoms with E-state index in [0.717, 1.165) is 31.4 Å². The fourth-order valence-electron chi connectivity index (χ4n) is 8.10. The van der Waals surface area contributed by atoms with E-state index in [1.165, 1.54) is 170 Å². The summed E-state index contributed by atoms with van der Waals surface area (Å²) in [5.41, 5.74) is 17.5. The Morgan fingerprint density at radius 1 is 0.580 bits per heavy atom. The van der Waals surface area contributed by atoms with Crippen LogP contribution >= 0.6 is 0 Å². The quantitative estimate of drug-likeness (QED) is 0.112. The third kappa shape index (κ3) is 11.2. The van der Waals surface area contributed by atoms with E-state index in [1.54, 1.807) is 0 Å². The molecule has 274 valence electrons. The summed E-state index contributed by atoms with van der Waals surface area (Å²) in [4.78, 5) is 18.4. The van der Waals surface area contributed by atoms with Gasteiger partial charge in [-0.1, -0.05) is 90.9 Å². The number of nitrogens with zero attached hydrogens (tertiary/aromatic N) is 3. The van der Waals surface area contributed by atoms with Gasteiger partial charge in [0.15, 0.2) is 0 Å². The molecule has 1 aromatic rings. The van der Waals surface area contributed by atoms with Crippen molar-refractivity contribution in [2.45, 2.75) is 190 Å². The van der Waals surface area contributed by atoms with Gasteiger partial charge in [-0.3, -0.25) is 15.0 Å². The third-order valence-corrected chi connectivity index (χ3v) is 11.4. The van der Waals surface area contributed by atoms with Crippen molar-refractivity contribution in [1.29, 1.82) is 0 Å². The molecule has 0 bridgehead atoms. The van der Waals surface area contributed by atoms with Crippen molar-refractivity contribution in [2.75, 3.05) is 0 Å². The van der Waals surface area contributed by atoms with E-state index in [-0.39, 0.29) is 6.04 Å². The fraction of sp³-hybridized carbons (Fsp3) is 0.630. The Labute approximate surface area is 306 Å². The average molecular weight is 679 g/mol. The van der Waals surface area contributed by atoms with E-state index >= 15 is 0 Å². The second-order valence-electron chi connectivity index (χ2n) is 15.5. The second-order valence-corrected chi connectivity index (χ2v) is 15.5. The molecule has 0 spiro atoms. The lowest BCUT2D eigenvalue weighted by atomic mass is 9.95. The Hall–Kier alpha value is -3.01. The van der Waals surface area contributed by atoms with E-state index in [4.69, 9.17) is 15.0 Å². The molecule has 4 heterocycles. The van der Waals surface area contributed by atoms with Crippen LogP contribution in [0.3, 0.4) is 0 Å². The highest BCUT2D eigenvalue weighted by atomic mass is 14.8. The molecule has 3 aliphatic rings. The van der Waals surface area contributed by atoms with Crippen LogP contribution < -0.4 is 0 Å². The number of hydrogen-bond donors (Lipinski definition) is 1. The molecule has 0 aromatic carbocycles. The summed E-state index contributed by atoms with van der Waals surface area (Å²) in [6.45, 7) is 18.1. The SMILES string of the molecule is CCCCCCCCC1=C(C)C=N/C1=C\c1[nH]c(C)c(CCCCCCC2=C(C)C(/C=C3\N=CC(C)=C3CCCCCCCC)N=C2C)c1C. The highest BCUT2D eigenvalue weighted by Gasteiger charge is 2.23. The first kappa shape index (κ1) is 39.8. The van der Waals surface area contributed by atoms with Crippen molar-refractivity contribution < 1.29 is 0 Å². The maximum Gasteiger partial charge on any atom is 0.0920 e. The van der Waals surface area contributed by atoms with E-state index < -0.39 is 0 Å². The summed E-state index contributed by atoms with van der Waals surface area (Å²) in [7, 11) is 0. The van der Waals surface area contributed by atoms with Crippen LogP contribution in [0.15, 0.2) is 65.9 Å². The number of rotatable bonds is 23. The zero-order valence-corrected chi connectivity index (χ0v) is 33.4. The van der Waals surface area contributed by atoms with Gasteiger partial charge in [0.2, 0.25) is 0 Å². The molecule has 4 heteroatoms. The van der Waals surface area contributed by atoms with Gasteiger partial charge in [-0.25, -0.2) is 0 Å². The topological polar surface area (TPSA) is 52.9 Å². The molecule has 0 aliphatic carbocycles. The molecule has 0 fully saturated rings. The molecular formula is C46H70N4. The number of allylic oxidation sites excluding steroid dienone is 5. The zero-order valence-electron chi connectivity index (χ0n) is 33.4. The summed E-state index contributed by atoms with van der Waals surface area (Å²) >= 11 is 0. The van der Waals surface area contributed by atoms with Gasteiger partial charge in [0.1, 0.15) is 0 Å². The van der Waals surface area contributed by atoms with Crippen LogP contribution in [0.1, 0.15) is 186 Å². The van der Waals surface area contributed by atoms with E-state index in [1.807, 2.05) is 0 Å². The smallest absolute Gasteiger partial charge is 0.0920 e. The number of hydrogen-bond acceptors (Lipinski definition) is 3. The van der Waals surface area contributed by atoms with Gasteiger partial charge in [-0.2, -0.15) is 0 Å². The Bertz CT molecular complexity index is 1530. The number of aromatic nitrogens is 1. The molecule has 4 nitrogen and oxygen atoms in total. The molecule has 1 aromatic heterocycles. The molecular weight excluding hydrogens is 609 g/mol. The average Bonchev–Trinajstić information content (AvgIpc) is 3.79. The molecule has 1 unspecified atom stereocenters. The highest BCUT2D eigenvalue weighted by molar-refractivity contribution is 6.01. The van der Waals surface area contributed by atoms with E-state index in [9.17, 15) is 0 Å². The lowest BCUT2D eigenvalue weighted by Gasteiger charge is -2.10. The van der Waals surface area contributed by atoms with Crippen molar-refractivity contribution in [3.63, 3.8) is 0 Å². The lowest BCUT2D eigenvalue weighted by molar-refractivity contribution is 0.607. The summed E-state index contributed by atoms with van der Waals surface area (Å²) in [6.07, 6.45) is 34.3. The number of nitrogens with one attached hydrogen (secondary N) is 1. The maximum atomic E-state index is 5.10. The standard InChI is InChI=1S/C46H70N4/c1-9-11-13-15-17-21-25-39-33(3)31-47-45(39)29-43-35(5)41(37(7)49-43)27-23-19-20-24-28-42-36(6)44(50-38(42)8)30-46-40(34(4)32-48-46)26-22-18-16-14-12-10-2/h29-32,43,50H,9-28H2,1-8H3/b45-29-,46-30-. The Morgan fingerprint density at radius 2 is 1.06 bits per heavy atom. The molecule has 0 amide bonds. The Morgan fingerprint density at radius 3 is 1.64 bits per heavy atom. The summed E-state index contributed by atoms with van der Waals surface area (Å²) in [6, 6.07) is 0.146. The Balaban J connectivity index is 1.23. The van der Waals surface area contributed by atoms with Gasteiger partial charge in [-0.15, -0.1) is 0 Å². The van der Waals surface area contributed by atoms with Gasteiger partial charge in [0, 0.05) is 29.5 Å². The van der Waals surface area contributed by atoms with Crippen molar-refractivity contribution in [2.24, 2.45) is 15.0 Å². The van der Waals surface area contributed by atoms with Crippen LogP contribution in [0, 0.1) is 13.8 Å². The molecule has 4 rings (SSSR count). The predicted molar refractivity (Wildman–Crippen MR) is 221 cm³/mol. The fourth-order valence-corrected chi connectivity index (χ4v) is 8.10. The summed E-state index contributed by atoms with van der Waals surface area (Å²) in [5, 5.41) is 0. The van der Waals surface area contributed by atoms with Crippen molar-refractivity contribution >= 4 is 24.2 Å². The van der Waals surface area contributed by atoms with Crippen LogP contribution in [-0.2, 0) is 6.42 Å². The van der Waals surface area contributed by atoms with Crippen molar-refractivity contribution in [3.8, 4) is 0 Å². The van der Waals surface area contributed by atoms with E-state index in [0.29, 0.717) is 0 Å². The van der Waals surface area contributed by atoms with Gasteiger partial charge in [-0.05, 0) is 150 Å². The van der Waals surface area contributed by atoms with Crippen LogP contribution in [0.2, 0.25) is 0 Å². The van der Waals surface area contributed by atoms with Crippen LogP contribution in [0.4, 0.5) is 0 Å². The molecule has 1 N–H and O–H groups in total. The number of aliphatic imine (C=N–C) groups is 3. The number of unbranched alkanes of at least 4 members (excludes halogenated alkanes) is 13. The molecule has 1 atom stereocenters. The first-order chi connectivity index (χ1) is 24.2. The van der Waals surface area contributed by atoms with Crippen LogP contribution in [-0.4, -0.2) is 29.2 Å². The number of aryl methyl sites for hydroxylation is 1. The predicted octanol–water partition coefficient (Wildman–Crippen LogP) is 13.8. The normalized spacial score (nSPS) is 19.2. The second kappa shape index (κ2) is 20.7. The lowest BCUT2D eigenvalue weighted by Crippen LogP contribution is -2.01. The third-order valence-electron chi connectivity index (χ3n) is 11.4. The van der Waals surface area contributed by atoms with Crippen LogP contribution in [0.5, 0.6) is 0 Å². The summed E-state index contributed by atoms with van der Waals surface area (Å²) < 4.78 is 0. The highest BCUT2D eigenvalue weighted by Crippen LogP contribution is 2.33. The first-order valence-corrected chi connectivity index (χ1v) is 20.6. The zero-order chi connectivity index (χ0) is 35.9. The number of aromatic amines is 1. The van der Waals surface area contributed by atoms with Crippen molar-refractivity contribution in [3.05, 3.63) is 73.4 Å². The van der Waals surface area contributed by atoms with Gasteiger partial charge in [0.25, 0.3) is 0 Å². The van der Waals surface area contributed by atoms with Gasteiger partial charge in [0.05, 0.1) is 17.4 Å². The molecule has 0 radical (unpaired) electrons. The molecule has 3 aliphatic heterocycles. The minimum Gasteiger partial charge on any atom is -0.359 e. The number of H-pyrrole nitrogens is 1. The minimum absolute atomic E-state index is 0.146. The molecule has 0 saturated carbocycles. The monoisotopic (exact) mass is 679 g/mol. The summed E-state index contributed by atoms with van der Waals surface area (Å²) in [5.74, 6) is 0. The van der Waals surface area contributed by atoms with E-state index in [2.05, 4.69) is 85.0 Å². The largest absolute Gasteiger partial charge is 0.359 e. The minimum atomic E-state index is 0.146. The van der Waals surface area contributed by atoms with Gasteiger partial charge < -0.3 is 4.98 Å².